The second-order valence-electron chi connectivity index (χ2n) is 4.11. The zero-order chi connectivity index (χ0) is 12.3. The molecule has 1 aromatic heterocycles. The van der Waals surface area contributed by atoms with Gasteiger partial charge < -0.3 is 10.2 Å². The second-order valence-corrected chi connectivity index (χ2v) is 4.90. The molecule has 0 saturated carbocycles. The first kappa shape index (κ1) is 12.6. The fraction of sp³-hybridized carbons (Fsp3) is 0.636. The van der Waals surface area contributed by atoms with Crippen LogP contribution in [0.3, 0.4) is 0 Å². The average Bonchev–Trinajstić information content (AvgIpc) is 2.36. The van der Waals surface area contributed by atoms with Gasteiger partial charge in [0.15, 0.2) is 0 Å². The van der Waals surface area contributed by atoms with Crippen LogP contribution in [0.5, 0.6) is 0 Å². The fourth-order valence-corrected chi connectivity index (χ4v) is 2.51. The lowest BCUT2D eigenvalue weighted by Gasteiger charge is -2.29. The van der Waals surface area contributed by atoms with Crippen LogP contribution in [0.4, 0.5) is 5.69 Å². The highest BCUT2D eigenvalue weighted by molar-refractivity contribution is 9.10. The number of piperazine rings is 1. The summed E-state index contributed by atoms with van der Waals surface area (Å²) in [4.78, 5) is 14.2. The van der Waals surface area contributed by atoms with E-state index in [0.717, 1.165) is 38.3 Å². The molecule has 6 heteroatoms. The number of nitrogens with zero attached hydrogens (tertiary/aromatic N) is 3. The molecule has 0 amide bonds. The molecule has 1 aliphatic rings. The maximum atomic E-state index is 12.0. The predicted molar refractivity (Wildman–Crippen MR) is 71.6 cm³/mol. The molecule has 5 nitrogen and oxygen atoms in total. The molecule has 0 atom stereocenters. The molecule has 2 heterocycles. The molecule has 0 spiro atoms. The van der Waals surface area contributed by atoms with Gasteiger partial charge in [0.05, 0.1) is 11.9 Å². The standard InChI is InChI=1S/C11H17BrN4O/c1-2-5-16-11(17)10(12)9(8-14-16)15-6-3-13-4-7-15/h8,13H,2-7H2,1H3. The molecule has 0 aromatic carbocycles. The third-order valence-electron chi connectivity index (χ3n) is 2.86. The Morgan fingerprint density at radius 2 is 2.18 bits per heavy atom. The third kappa shape index (κ3) is 2.69. The normalized spacial score (nSPS) is 16.2. The first-order valence-electron chi connectivity index (χ1n) is 5.95. The lowest BCUT2D eigenvalue weighted by atomic mass is 10.3. The summed E-state index contributed by atoms with van der Waals surface area (Å²) in [5, 5.41) is 7.51. The summed E-state index contributed by atoms with van der Waals surface area (Å²) in [7, 11) is 0. The van der Waals surface area contributed by atoms with Crippen LogP contribution in [0, 0.1) is 0 Å². The summed E-state index contributed by atoms with van der Waals surface area (Å²) < 4.78 is 2.14. The molecule has 0 radical (unpaired) electrons. The maximum absolute atomic E-state index is 12.0. The van der Waals surface area contributed by atoms with Crippen molar-refractivity contribution in [1.29, 1.82) is 0 Å². The fourth-order valence-electron chi connectivity index (χ4n) is 1.95. The van der Waals surface area contributed by atoms with E-state index in [2.05, 4.69) is 31.2 Å². The second kappa shape index (κ2) is 5.64. The highest BCUT2D eigenvalue weighted by Gasteiger charge is 2.16. The monoisotopic (exact) mass is 300 g/mol. The molecule has 1 saturated heterocycles. The molecule has 0 bridgehead atoms. The Balaban J connectivity index is 2.29. The SMILES string of the molecule is CCCn1ncc(N2CCNCC2)c(Br)c1=O. The van der Waals surface area contributed by atoms with Crippen LogP contribution in [0.15, 0.2) is 15.5 Å². The summed E-state index contributed by atoms with van der Waals surface area (Å²) in [6, 6.07) is 0. The van der Waals surface area contributed by atoms with Gasteiger partial charge in [0.2, 0.25) is 0 Å². The Hall–Kier alpha value is -0.880. The average molecular weight is 301 g/mol. The predicted octanol–water partition coefficient (Wildman–Crippen LogP) is 0.825. The molecule has 1 aliphatic heterocycles. The van der Waals surface area contributed by atoms with Crippen LogP contribution in [0.2, 0.25) is 0 Å². The van der Waals surface area contributed by atoms with Crippen LogP contribution in [0.1, 0.15) is 13.3 Å². The Labute approximate surface area is 109 Å². The largest absolute Gasteiger partial charge is 0.367 e. The Morgan fingerprint density at radius 1 is 1.47 bits per heavy atom. The highest BCUT2D eigenvalue weighted by Crippen LogP contribution is 2.21. The van der Waals surface area contributed by atoms with Crippen molar-refractivity contribution in [2.24, 2.45) is 0 Å². The maximum Gasteiger partial charge on any atom is 0.283 e. The van der Waals surface area contributed by atoms with E-state index in [1.54, 1.807) is 6.20 Å². The van der Waals surface area contributed by atoms with Gasteiger partial charge in [-0.15, -0.1) is 0 Å². The van der Waals surface area contributed by atoms with E-state index in [-0.39, 0.29) is 5.56 Å². The number of anilines is 1. The smallest absolute Gasteiger partial charge is 0.283 e. The Bertz CT molecular complexity index is 440. The lowest BCUT2D eigenvalue weighted by Crippen LogP contribution is -2.44. The van der Waals surface area contributed by atoms with Gasteiger partial charge in [-0.05, 0) is 22.4 Å². The quantitative estimate of drug-likeness (QED) is 0.898. The molecule has 1 fully saturated rings. The van der Waals surface area contributed by atoms with Crippen LogP contribution in [-0.4, -0.2) is 36.0 Å². The zero-order valence-electron chi connectivity index (χ0n) is 9.95. The van der Waals surface area contributed by atoms with Crippen LogP contribution in [0.25, 0.3) is 0 Å². The minimum atomic E-state index is -0.0390. The van der Waals surface area contributed by atoms with Gasteiger partial charge in [-0.25, -0.2) is 4.68 Å². The van der Waals surface area contributed by atoms with E-state index in [4.69, 9.17) is 0 Å². The van der Waals surface area contributed by atoms with Crippen molar-refractivity contribution in [2.45, 2.75) is 19.9 Å². The molecular formula is C11H17BrN4O. The molecule has 2 rings (SSSR count). The topological polar surface area (TPSA) is 50.2 Å². The van der Waals surface area contributed by atoms with E-state index in [0.29, 0.717) is 11.0 Å². The summed E-state index contributed by atoms with van der Waals surface area (Å²) in [6.45, 7) is 6.43. The van der Waals surface area contributed by atoms with E-state index in [1.807, 2.05) is 6.92 Å². The Kier molecular flexibility index (Phi) is 4.17. The van der Waals surface area contributed by atoms with Gasteiger partial charge in [-0.3, -0.25) is 4.79 Å². The van der Waals surface area contributed by atoms with E-state index in [1.165, 1.54) is 4.68 Å². The third-order valence-corrected chi connectivity index (χ3v) is 3.61. The van der Waals surface area contributed by atoms with Crippen molar-refractivity contribution in [1.82, 2.24) is 15.1 Å². The van der Waals surface area contributed by atoms with Crippen molar-refractivity contribution in [3.05, 3.63) is 21.0 Å². The zero-order valence-corrected chi connectivity index (χ0v) is 11.5. The van der Waals surface area contributed by atoms with E-state index >= 15 is 0 Å². The van der Waals surface area contributed by atoms with Gasteiger partial charge in [-0.2, -0.15) is 5.10 Å². The van der Waals surface area contributed by atoms with Crippen molar-refractivity contribution in [3.8, 4) is 0 Å². The van der Waals surface area contributed by atoms with Crippen molar-refractivity contribution >= 4 is 21.6 Å². The Morgan fingerprint density at radius 3 is 2.82 bits per heavy atom. The number of aromatic nitrogens is 2. The number of nitrogens with one attached hydrogen (secondary N) is 1. The van der Waals surface area contributed by atoms with Crippen molar-refractivity contribution < 1.29 is 0 Å². The van der Waals surface area contributed by atoms with E-state index < -0.39 is 0 Å². The number of hydrogen-bond acceptors (Lipinski definition) is 4. The van der Waals surface area contributed by atoms with Crippen LogP contribution >= 0.6 is 15.9 Å². The van der Waals surface area contributed by atoms with Gasteiger partial charge >= 0.3 is 0 Å². The van der Waals surface area contributed by atoms with E-state index in [9.17, 15) is 4.79 Å². The number of hydrogen-bond donors (Lipinski definition) is 1. The summed E-state index contributed by atoms with van der Waals surface area (Å²) in [5.74, 6) is 0. The van der Waals surface area contributed by atoms with Gasteiger partial charge in [0, 0.05) is 32.7 Å². The summed E-state index contributed by atoms with van der Waals surface area (Å²) in [6.07, 6.45) is 2.69. The van der Waals surface area contributed by atoms with Crippen LogP contribution in [-0.2, 0) is 6.54 Å². The first-order chi connectivity index (χ1) is 8.24. The molecule has 94 valence electrons. The number of halogens is 1. The first-order valence-corrected chi connectivity index (χ1v) is 6.74. The molecule has 1 aromatic rings. The van der Waals surface area contributed by atoms with Crippen molar-refractivity contribution in [2.75, 3.05) is 31.1 Å². The molecule has 17 heavy (non-hydrogen) atoms. The minimum Gasteiger partial charge on any atom is -0.367 e. The molecular weight excluding hydrogens is 284 g/mol. The highest BCUT2D eigenvalue weighted by atomic mass is 79.9. The number of aryl methyl sites for hydroxylation is 1. The molecule has 1 N–H and O–H groups in total. The van der Waals surface area contributed by atoms with Crippen LogP contribution < -0.4 is 15.8 Å². The van der Waals surface area contributed by atoms with Gasteiger partial charge in [-0.1, -0.05) is 6.92 Å². The van der Waals surface area contributed by atoms with Crippen molar-refractivity contribution in [3.63, 3.8) is 0 Å². The van der Waals surface area contributed by atoms with Gasteiger partial charge in [0.1, 0.15) is 4.47 Å². The summed E-state index contributed by atoms with van der Waals surface area (Å²) in [5.41, 5.74) is 0.867. The number of rotatable bonds is 3. The molecule has 0 unspecified atom stereocenters. The minimum absolute atomic E-state index is 0.0390. The summed E-state index contributed by atoms with van der Waals surface area (Å²) >= 11 is 3.40. The lowest BCUT2D eigenvalue weighted by molar-refractivity contribution is 0.555. The molecule has 0 aliphatic carbocycles. The van der Waals surface area contributed by atoms with Gasteiger partial charge in [0.25, 0.3) is 5.56 Å².